The van der Waals surface area contributed by atoms with Crippen LogP contribution in [-0.4, -0.2) is 24.1 Å². The van der Waals surface area contributed by atoms with Crippen LogP contribution < -0.4 is 0 Å². The van der Waals surface area contributed by atoms with E-state index in [1.165, 1.54) is 5.06 Å². The molecule has 1 saturated heterocycles. The van der Waals surface area contributed by atoms with Gasteiger partial charge in [0.1, 0.15) is 0 Å². The van der Waals surface area contributed by atoms with Crippen molar-refractivity contribution < 1.29 is 9.63 Å². The van der Waals surface area contributed by atoms with Crippen LogP contribution in [0.5, 0.6) is 0 Å². The fraction of sp³-hybridized carbons (Fsp3) is 0.417. The second kappa shape index (κ2) is 4.85. The van der Waals surface area contributed by atoms with E-state index >= 15 is 0 Å². The molecule has 0 N–H and O–H groups in total. The Morgan fingerprint density at radius 2 is 2.25 bits per heavy atom. The molecule has 0 spiro atoms. The summed E-state index contributed by atoms with van der Waals surface area (Å²) in [4.78, 5) is 17.4. The Kier molecular flexibility index (Phi) is 3.46. The van der Waals surface area contributed by atoms with Gasteiger partial charge in [0.05, 0.1) is 6.61 Å². The molecule has 1 aromatic carbocycles. The van der Waals surface area contributed by atoms with Gasteiger partial charge in [0, 0.05) is 17.1 Å². The molecule has 86 valence electrons. The highest BCUT2D eigenvalue weighted by atomic mass is 35.5. The Hall–Kier alpha value is -1.06. The van der Waals surface area contributed by atoms with Gasteiger partial charge in [0.2, 0.25) is 0 Å². The minimum atomic E-state index is -0.0975. The highest BCUT2D eigenvalue weighted by Gasteiger charge is 2.20. The standard InChI is InChI=1S/C12H14ClNO2/c1-9-4-5-10(13)8-11(9)12(15)14-6-2-3-7-16-14/h4-5,8H,2-3,6-7H2,1H3. The van der Waals surface area contributed by atoms with E-state index in [0.29, 0.717) is 23.7 Å². The van der Waals surface area contributed by atoms with Gasteiger partial charge in [0.25, 0.3) is 5.91 Å². The largest absolute Gasteiger partial charge is 0.277 e. The maximum atomic E-state index is 12.1. The highest BCUT2D eigenvalue weighted by molar-refractivity contribution is 6.31. The predicted molar refractivity (Wildman–Crippen MR) is 62.4 cm³/mol. The van der Waals surface area contributed by atoms with Crippen molar-refractivity contribution in [1.82, 2.24) is 5.06 Å². The third-order valence-electron chi connectivity index (χ3n) is 2.66. The number of rotatable bonds is 1. The van der Waals surface area contributed by atoms with E-state index < -0.39 is 0 Å². The Morgan fingerprint density at radius 3 is 2.94 bits per heavy atom. The average Bonchev–Trinajstić information content (AvgIpc) is 2.32. The van der Waals surface area contributed by atoms with E-state index in [1.807, 2.05) is 13.0 Å². The van der Waals surface area contributed by atoms with Gasteiger partial charge in [-0.1, -0.05) is 17.7 Å². The minimum absolute atomic E-state index is 0.0975. The quantitative estimate of drug-likeness (QED) is 0.754. The zero-order valence-electron chi connectivity index (χ0n) is 9.20. The lowest BCUT2D eigenvalue weighted by molar-refractivity contribution is -0.144. The van der Waals surface area contributed by atoms with Crippen LogP contribution in [-0.2, 0) is 4.84 Å². The van der Waals surface area contributed by atoms with Crippen molar-refractivity contribution in [2.24, 2.45) is 0 Å². The molecular formula is C12H14ClNO2. The Labute approximate surface area is 99.9 Å². The monoisotopic (exact) mass is 239 g/mol. The molecule has 1 heterocycles. The van der Waals surface area contributed by atoms with Crippen LogP contribution in [0, 0.1) is 6.92 Å². The van der Waals surface area contributed by atoms with Gasteiger partial charge in [-0.3, -0.25) is 9.63 Å². The highest BCUT2D eigenvalue weighted by Crippen LogP contribution is 2.19. The Morgan fingerprint density at radius 1 is 1.44 bits per heavy atom. The van der Waals surface area contributed by atoms with Crippen LogP contribution >= 0.6 is 11.6 Å². The van der Waals surface area contributed by atoms with Crippen LogP contribution in [0.3, 0.4) is 0 Å². The Bertz CT molecular complexity index is 400. The van der Waals surface area contributed by atoms with E-state index in [1.54, 1.807) is 12.1 Å². The third-order valence-corrected chi connectivity index (χ3v) is 2.89. The van der Waals surface area contributed by atoms with Gasteiger partial charge in [0.15, 0.2) is 0 Å². The van der Waals surface area contributed by atoms with Crippen LogP contribution in [0.2, 0.25) is 5.02 Å². The molecular weight excluding hydrogens is 226 g/mol. The van der Waals surface area contributed by atoms with Gasteiger partial charge < -0.3 is 0 Å². The van der Waals surface area contributed by atoms with Crippen molar-refractivity contribution in [3.8, 4) is 0 Å². The molecule has 0 saturated carbocycles. The van der Waals surface area contributed by atoms with Gasteiger partial charge in [-0.15, -0.1) is 0 Å². The van der Waals surface area contributed by atoms with Gasteiger partial charge in [-0.05, 0) is 37.5 Å². The fourth-order valence-electron chi connectivity index (χ4n) is 1.72. The maximum Gasteiger partial charge on any atom is 0.277 e. The van der Waals surface area contributed by atoms with Crippen LogP contribution in [0.4, 0.5) is 0 Å². The molecule has 3 nitrogen and oxygen atoms in total. The molecule has 1 aliphatic rings. The number of halogens is 1. The number of hydroxylamine groups is 2. The fourth-order valence-corrected chi connectivity index (χ4v) is 1.89. The molecule has 1 fully saturated rings. The molecule has 1 amide bonds. The average molecular weight is 240 g/mol. The number of hydrogen-bond acceptors (Lipinski definition) is 2. The van der Waals surface area contributed by atoms with Crippen molar-refractivity contribution >= 4 is 17.5 Å². The number of carbonyl (C=O) groups is 1. The molecule has 0 aromatic heterocycles. The lowest BCUT2D eigenvalue weighted by atomic mass is 10.1. The summed E-state index contributed by atoms with van der Waals surface area (Å²) in [5.74, 6) is -0.0975. The SMILES string of the molecule is Cc1ccc(Cl)cc1C(=O)N1CCCCO1. The van der Waals surface area contributed by atoms with Gasteiger partial charge >= 0.3 is 0 Å². The van der Waals surface area contributed by atoms with Gasteiger partial charge in [-0.2, -0.15) is 0 Å². The first-order chi connectivity index (χ1) is 7.68. The summed E-state index contributed by atoms with van der Waals surface area (Å²) in [5, 5.41) is 2.01. The molecule has 1 aliphatic heterocycles. The summed E-state index contributed by atoms with van der Waals surface area (Å²) >= 11 is 5.89. The second-order valence-electron chi connectivity index (χ2n) is 3.91. The Balaban J connectivity index is 2.22. The molecule has 0 radical (unpaired) electrons. The molecule has 0 bridgehead atoms. The zero-order chi connectivity index (χ0) is 11.5. The summed E-state index contributed by atoms with van der Waals surface area (Å²) < 4.78 is 0. The molecule has 16 heavy (non-hydrogen) atoms. The molecule has 4 heteroatoms. The number of hydrogen-bond donors (Lipinski definition) is 0. The molecule has 0 aliphatic carbocycles. The summed E-state index contributed by atoms with van der Waals surface area (Å²) in [6.45, 7) is 3.17. The van der Waals surface area contributed by atoms with E-state index in [4.69, 9.17) is 16.4 Å². The number of benzene rings is 1. The first-order valence-corrected chi connectivity index (χ1v) is 5.77. The van der Waals surface area contributed by atoms with Crippen molar-refractivity contribution in [2.75, 3.05) is 13.2 Å². The molecule has 2 rings (SSSR count). The minimum Gasteiger partial charge on any atom is -0.271 e. The van der Waals surface area contributed by atoms with E-state index in [9.17, 15) is 4.79 Å². The van der Waals surface area contributed by atoms with Crippen LogP contribution in [0.15, 0.2) is 18.2 Å². The van der Waals surface area contributed by atoms with E-state index in [2.05, 4.69) is 0 Å². The number of aryl methyl sites for hydroxylation is 1. The van der Waals surface area contributed by atoms with Crippen LogP contribution in [0.1, 0.15) is 28.8 Å². The smallest absolute Gasteiger partial charge is 0.271 e. The van der Waals surface area contributed by atoms with Gasteiger partial charge in [-0.25, -0.2) is 5.06 Å². The lowest BCUT2D eigenvalue weighted by Crippen LogP contribution is -2.36. The van der Waals surface area contributed by atoms with Crippen LogP contribution in [0.25, 0.3) is 0 Å². The number of nitrogens with zero attached hydrogens (tertiary/aromatic N) is 1. The van der Waals surface area contributed by atoms with Crippen molar-refractivity contribution in [2.45, 2.75) is 19.8 Å². The van der Waals surface area contributed by atoms with E-state index in [0.717, 1.165) is 18.4 Å². The van der Waals surface area contributed by atoms with E-state index in [-0.39, 0.29) is 5.91 Å². The first-order valence-electron chi connectivity index (χ1n) is 5.39. The lowest BCUT2D eigenvalue weighted by Gasteiger charge is -2.26. The third kappa shape index (κ3) is 2.36. The molecule has 0 unspecified atom stereocenters. The van der Waals surface area contributed by atoms with Crippen molar-refractivity contribution in [3.05, 3.63) is 34.3 Å². The number of amides is 1. The predicted octanol–water partition coefficient (Wildman–Crippen LogP) is 2.82. The van der Waals surface area contributed by atoms with Crippen molar-refractivity contribution in [1.29, 1.82) is 0 Å². The molecule has 1 aromatic rings. The summed E-state index contributed by atoms with van der Waals surface area (Å²) in [7, 11) is 0. The summed E-state index contributed by atoms with van der Waals surface area (Å²) in [5.41, 5.74) is 1.54. The topological polar surface area (TPSA) is 29.5 Å². The maximum absolute atomic E-state index is 12.1. The second-order valence-corrected chi connectivity index (χ2v) is 4.34. The normalized spacial score (nSPS) is 16.2. The first kappa shape index (κ1) is 11.4. The molecule has 0 atom stereocenters. The number of carbonyl (C=O) groups excluding carboxylic acids is 1. The summed E-state index contributed by atoms with van der Waals surface area (Å²) in [6.07, 6.45) is 2.00. The summed E-state index contributed by atoms with van der Waals surface area (Å²) in [6, 6.07) is 5.32. The zero-order valence-corrected chi connectivity index (χ0v) is 9.96. The van der Waals surface area contributed by atoms with Crippen molar-refractivity contribution in [3.63, 3.8) is 0 Å².